The molecule has 0 radical (unpaired) electrons. The Morgan fingerprint density at radius 2 is 1.88 bits per heavy atom. The average Bonchev–Trinajstić information content (AvgIpc) is 2.65. The Morgan fingerprint density at radius 1 is 1.29 bits per heavy atom. The SMILES string of the molecule is CC(=O)NCC(=Cc1ccc(F)cc1Br)B1OC(C)(C)C(C)(C)O1. The van der Waals surface area contributed by atoms with E-state index in [-0.39, 0.29) is 18.3 Å². The van der Waals surface area contributed by atoms with Crippen LogP contribution in [0.2, 0.25) is 0 Å². The molecule has 2 rings (SSSR count). The highest BCUT2D eigenvalue weighted by Gasteiger charge is 2.52. The lowest BCUT2D eigenvalue weighted by molar-refractivity contribution is -0.118. The second-order valence-corrected chi connectivity index (χ2v) is 7.74. The summed E-state index contributed by atoms with van der Waals surface area (Å²) in [5.41, 5.74) is 0.586. The van der Waals surface area contributed by atoms with Gasteiger partial charge in [-0.05, 0) is 50.9 Å². The van der Waals surface area contributed by atoms with E-state index >= 15 is 0 Å². The zero-order chi connectivity index (χ0) is 18.1. The van der Waals surface area contributed by atoms with Gasteiger partial charge in [-0.3, -0.25) is 4.79 Å². The molecule has 0 aromatic heterocycles. The smallest absolute Gasteiger partial charge is 0.400 e. The summed E-state index contributed by atoms with van der Waals surface area (Å²) < 4.78 is 26.0. The Morgan fingerprint density at radius 3 is 2.38 bits per heavy atom. The molecule has 0 aliphatic carbocycles. The number of carbonyl (C=O) groups excluding carboxylic acids is 1. The zero-order valence-corrected chi connectivity index (χ0v) is 16.2. The van der Waals surface area contributed by atoms with Gasteiger partial charge in [0.05, 0.1) is 11.2 Å². The van der Waals surface area contributed by atoms with Crippen molar-refractivity contribution in [2.75, 3.05) is 6.54 Å². The van der Waals surface area contributed by atoms with Gasteiger partial charge in [0.1, 0.15) is 5.82 Å². The summed E-state index contributed by atoms with van der Waals surface area (Å²) in [6.45, 7) is 9.62. The summed E-state index contributed by atoms with van der Waals surface area (Å²) in [4.78, 5) is 11.3. The molecule has 1 aromatic rings. The fourth-order valence-electron chi connectivity index (χ4n) is 2.24. The van der Waals surface area contributed by atoms with Crippen LogP contribution in [0.15, 0.2) is 28.1 Å². The van der Waals surface area contributed by atoms with E-state index in [2.05, 4.69) is 21.2 Å². The maximum absolute atomic E-state index is 13.3. The van der Waals surface area contributed by atoms with Crippen molar-refractivity contribution >= 4 is 35.0 Å². The number of carbonyl (C=O) groups is 1. The molecule has 1 aliphatic rings. The van der Waals surface area contributed by atoms with E-state index in [0.29, 0.717) is 4.47 Å². The average molecular weight is 398 g/mol. The molecule has 4 nitrogen and oxygen atoms in total. The van der Waals surface area contributed by atoms with Gasteiger partial charge >= 0.3 is 7.12 Å². The van der Waals surface area contributed by atoms with Gasteiger partial charge in [-0.25, -0.2) is 4.39 Å². The highest BCUT2D eigenvalue weighted by atomic mass is 79.9. The predicted octanol–water partition coefficient (Wildman–Crippen LogP) is 3.74. The van der Waals surface area contributed by atoms with E-state index in [0.717, 1.165) is 11.0 Å². The molecule has 7 heteroatoms. The molecular formula is C17H22BBrFNO3. The quantitative estimate of drug-likeness (QED) is 0.787. The van der Waals surface area contributed by atoms with E-state index in [4.69, 9.17) is 9.31 Å². The van der Waals surface area contributed by atoms with Crippen molar-refractivity contribution in [1.29, 1.82) is 0 Å². The van der Waals surface area contributed by atoms with E-state index in [1.165, 1.54) is 19.1 Å². The number of halogens is 2. The van der Waals surface area contributed by atoms with Gasteiger partial charge in [0.15, 0.2) is 0 Å². The summed E-state index contributed by atoms with van der Waals surface area (Å²) in [6.07, 6.45) is 1.85. The minimum atomic E-state index is -0.584. The minimum absolute atomic E-state index is 0.143. The summed E-state index contributed by atoms with van der Waals surface area (Å²) >= 11 is 3.36. The summed E-state index contributed by atoms with van der Waals surface area (Å²) in [6, 6.07) is 4.45. The number of amides is 1. The van der Waals surface area contributed by atoms with Crippen LogP contribution in [0.1, 0.15) is 40.2 Å². The first kappa shape index (κ1) is 19.2. The van der Waals surface area contributed by atoms with Gasteiger partial charge in [0, 0.05) is 17.9 Å². The maximum atomic E-state index is 13.3. The molecule has 24 heavy (non-hydrogen) atoms. The van der Waals surface area contributed by atoms with Gasteiger partial charge in [0.2, 0.25) is 5.91 Å². The molecule has 1 fully saturated rings. The van der Waals surface area contributed by atoms with Crippen LogP contribution in [0.3, 0.4) is 0 Å². The largest absolute Gasteiger partial charge is 0.492 e. The van der Waals surface area contributed by atoms with Gasteiger partial charge in [0.25, 0.3) is 0 Å². The first-order valence-electron chi connectivity index (χ1n) is 7.77. The van der Waals surface area contributed by atoms with Crippen molar-refractivity contribution in [3.63, 3.8) is 0 Å². The standard InChI is InChI=1S/C17H22BBrFNO3/c1-11(22)21-10-13(8-12-6-7-14(20)9-15(12)19)18-23-16(2,3)17(4,5)24-18/h6-9H,10H2,1-5H3,(H,21,22). The Bertz CT molecular complexity index is 660. The predicted molar refractivity (Wildman–Crippen MR) is 96.8 cm³/mol. The first-order valence-corrected chi connectivity index (χ1v) is 8.57. The number of hydrogen-bond acceptors (Lipinski definition) is 3. The van der Waals surface area contributed by atoms with E-state index in [1.54, 1.807) is 6.07 Å². The lowest BCUT2D eigenvalue weighted by Gasteiger charge is -2.32. The lowest BCUT2D eigenvalue weighted by Crippen LogP contribution is -2.41. The molecule has 1 saturated heterocycles. The second kappa shape index (κ2) is 6.98. The first-order chi connectivity index (χ1) is 11.0. The van der Waals surface area contributed by atoms with Crippen LogP contribution in [0, 0.1) is 5.82 Å². The van der Waals surface area contributed by atoms with Crippen LogP contribution in [0.5, 0.6) is 0 Å². The molecule has 1 aliphatic heterocycles. The van der Waals surface area contributed by atoms with E-state index in [9.17, 15) is 9.18 Å². The highest BCUT2D eigenvalue weighted by Crippen LogP contribution is 2.39. The molecule has 0 unspecified atom stereocenters. The number of benzene rings is 1. The van der Waals surface area contributed by atoms with Crippen molar-refractivity contribution in [2.24, 2.45) is 0 Å². The number of hydrogen-bond donors (Lipinski definition) is 1. The Balaban J connectivity index is 2.35. The molecule has 0 saturated carbocycles. The van der Waals surface area contributed by atoms with E-state index in [1.807, 2.05) is 33.8 Å². The molecule has 0 spiro atoms. The zero-order valence-electron chi connectivity index (χ0n) is 14.6. The molecule has 1 aromatic carbocycles. The molecule has 130 valence electrons. The molecule has 1 heterocycles. The third-order valence-corrected chi connectivity index (χ3v) is 5.09. The Hall–Kier alpha value is -1.18. The molecular weight excluding hydrogens is 376 g/mol. The van der Waals surface area contributed by atoms with Crippen molar-refractivity contribution in [3.8, 4) is 0 Å². The van der Waals surface area contributed by atoms with Crippen LogP contribution >= 0.6 is 15.9 Å². The van der Waals surface area contributed by atoms with Crippen LogP contribution in [0.4, 0.5) is 4.39 Å². The number of nitrogens with one attached hydrogen (secondary N) is 1. The summed E-state index contributed by atoms with van der Waals surface area (Å²) in [5.74, 6) is -0.464. The van der Waals surface area contributed by atoms with Gasteiger partial charge < -0.3 is 14.6 Å². The van der Waals surface area contributed by atoms with Crippen molar-refractivity contribution < 1.29 is 18.5 Å². The van der Waals surface area contributed by atoms with Crippen LogP contribution in [-0.2, 0) is 14.1 Å². The molecule has 1 amide bonds. The Kier molecular flexibility index (Phi) is 5.57. The number of rotatable bonds is 4. The topological polar surface area (TPSA) is 47.6 Å². The highest BCUT2D eigenvalue weighted by molar-refractivity contribution is 9.10. The third-order valence-electron chi connectivity index (χ3n) is 4.40. The maximum Gasteiger partial charge on any atom is 0.492 e. The molecule has 0 bridgehead atoms. The summed E-state index contributed by atoms with van der Waals surface area (Å²) in [7, 11) is -0.584. The summed E-state index contributed by atoms with van der Waals surface area (Å²) in [5, 5.41) is 2.77. The van der Waals surface area contributed by atoms with Crippen molar-refractivity contribution in [1.82, 2.24) is 5.32 Å². The molecule has 1 N–H and O–H groups in total. The van der Waals surface area contributed by atoms with Crippen LogP contribution in [-0.4, -0.2) is 30.8 Å². The second-order valence-electron chi connectivity index (χ2n) is 6.88. The van der Waals surface area contributed by atoms with Crippen LogP contribution < -0.4 is 5.32 Å². The van der Waals surface area contributed by atoms with Gasteiger partial charge in [-0.2, -0.15) is 0 Å². The lowest BCUT2D eigenvalue weighted by atomic mass is 9.77. The minimum Gasteiger partial charge on any atom is -0.400 e. The normalized spacial score (nSPS) is 19.5. The fourth-order valence-corrected chi connectivity index (χ4v) is 2.71. The third kappa shape index (κ3) is 4.26. The molecule has 0 atom stereocenters. The monoisotopic (exact) mass is 397 g/mol. The fraction of sp³-hybridized carbons (Fsp3) is 0.471. The van der Waals surface area contributed by atoms with E-state index < -0.39 is 18.3 Å². The Labute approximate surface area is 151 Å². The van der Waals surface area contributed by atoms with Gasteiger partial charge in [-0.1, -0.05) is 28.1 Å². The van der Waals surface area contributed by atoms with Crippen LogP contribution in [0.25, 0.3) is 6.08 Å². The van der Waals surface area contributed by atoms with Crippen molar-refractivity contribution in [3.05, 3.63) is 39.5 Å². The van der Waals surface area contributed by atoms with Gasteiger partial charge in [-0.15, -0.1) is 0 Å². The van der Waals surface area contributed by atoms with Crippen molar-refractivity contribution in [2.45, 2.75) is 45.8 Å².